The molecule has 1 aromatic heterocycles. The van der Waals surface area contributed by atoms with Gasteiger partial charge in [-0.05, 0) is 23.6 Å². The van der Waals surface area contributed by atoms with Gasteiger partial charge in [0.05, 0.1) is 6.54 Å². The Bertz CT molecular complexity index is 504. The van der Waals surface area contributed by atoms with Crippen molar-refractivity contribution in [2.75, 3.05) is 0 Å². The average Bonchev–Trinajstić information content (AvgIpc) is 2.78. The fourth-order valence-electron chi connectivity index (χ4n) is 1.86. The van der Waals surface area contributed by atoms with Crippen LogP contribution in [0.4, 0.5) is 0 Å². The summed E-state index contributed by atoms with van der Waals surface area (Å²) in [7, 11) is 0. The minimum atomic E-state index is 0.292. The van der Waals surface area contributed by atoms with Crippen LogP contribution in [-0.2, 0) is 19.6 Å². The Hall–Kier alpha value is -1.88. The topological polar surface area (TPSA) is 63.0 Å². The normalized spacial score (nSPS) is 11.1. The molecule has 0 radical (unpaired) electrons. The lowest BCUT2D eigenvalue weighted by atomic mass is 10.2. The number of phenols is 1. The third-order valence-corrected chi connectivity index (χ3v) is 2.78. The minimum absolute atomic E-state index is 0.292. The van der Waals surface area contributed by atoms with Gasteiger partial charge in [0, 0.05) is 13.1 Å². The monoisotopic (exact) mass is 260 g/mol. The van der Waals surface area contributed by atoms with Gasteiger partial charge in [0.15, 0.2) is 0 Å². The number of aromatic nitrogens is 3. The number of benzene rings is 1. The van der Waals surface area contributed by atoms with E-state index in [2.05, 4.69) is 29.2 Å². The highest BCUT2D eigenvalue weighted by Crippen LogP contribution is 2.09. The molecule has 5 nitrogen and oxygen atoms in total. The molecule has 2 aromatic rings. The zero-order chi connectivity index (χ0) is 13.7. The van der Waals surface area contributed by atoms with Gasteiger partial charge in [0.25, 0.3) is 0 Å². The maximum atomic E-state index is 9.21. The summed E-state index contributed by atoms with van der Waals surface area (Å²) >= 11 is 0. The maximum Gasteiger partial charge on any atom is 0.140 e. The lowest BCUT2D eigenvalue weighted by molar-refractivity contribution is 0.457. The number of rotatable bonds is 6. The van der Waals surface area contributed by atoms with Crippen LogP contribution in [0.1, 0.15) is 25.2 Å². The highest BCUT2D eigenvalue weighted by atomic mass is 16.3. The third-order valence-electron chi connectivity index (χ3n) is 2.78. The molecular weight excluding hydrogens is 240 g/mol. The van der Waals surface area contributed by atoms with Crippen molar-refractivity contribution < 1.29 is 5.11 Å². The van der Waals surface area contributed by atoms with Crippen molar-refractivity contribution in [3.8, 4) is 5.75 Å². The molecule has 1 heterocycles. The van der Waals surface area contributed by atoms with Crippen molar-refractivity contribution in [1.82, 2.24) is 20.1 Å². The molecule has 2 rings (SSSR count). The molecule has 0 aliphatic heterocycles. The lowest BCUT2D eigenvalue weighted by Gasteiger charge is -2.09. The molecule has 0 aliphatic rings. The Morgan fingerprint density at radius 1 is 1.21 bits per heavy atom. The molecule has 102 valence electrons. The van der Waals surface area contributed by atoms with E-state index in [-0.39, 0.29) is 0 Å². The number of nitrogens with one attached hydrogen (secondary N) is 1. The SMILES string of the molecule is CC(C)Cn1ncnc1CNCc1ccc(O)cc1. The van der Waals surface area contributed by atoms with Crippen LogP contribution in [-0.4, -0.2) is 19.9 Å². The Morgan fingerprint density at radius 3 is 2.63 bits per heavy atom. The van der Waals surface area contributed by atoms with E-state index in [1.165, 1.54) is 0 Å². The summed E-state index contributed by atoms with van der Waals surface area (Å²) in [6.07, 6.45) is 1.60. The number of nitrogens with zero attached hydrogens (tertiary/aromatic N) is 3. The molecule has 0 spiro atoms. The van der Waals surface area contributed by atoms with Gasteiger partial charge in [-0.3, -0.25) is 0 Å². The predicted molar refractivity (Wildman–Crippen MR) is 73.5 cm³/mol. The minimum Gasteiger partial charge on any atom is -0.508 e. The Kier molecular flexibility index (Phi) is 4.52. The van der Waals surface area contributed by atoms with Crippen LogP contribution in [0.25, 0.3) is 0 Å². The maximum absolute atomic E-state index is 9.21. The second kappa shape index (κ2) is 6.33. The zero-order valence-electron chi connectivity index (χ0n) is 11.4. The van der Waals surface area contributed by atoms with Crippen molar-refractivity contribution in [3.63, 3.8) is 0 Å². The number of hydrogen-bond donors (Lipinski definition) is 2. The Balaban J connectivity index is 1.85. The highest BCUT2D eigenvalue weighted by Gasteiger charge is 2.05. The van der Waals surface area contributed by atoms with Crippen LogP contribution in [0.15, 0.2) is 30.6 Å². The standard InChI is InChI=1S/C14H20N4O/c1-11(2)9-18-14(16-10-17-18)8-15-7-12-3-5-13(19)6-4-12/h3-6,10-11,15,19H,7-9H2,1-2H3. The van der Waals surface area contributed by atoms with Crippen LogP contribution in [0.2, 0.25) is 0 Å². The number of aromatic hydroxyl groups is 1. The Morgan fingerprint density at radius 2 is 1.95 bits per heavy atom. The van der Waals surface area contributed by atoms with Crippen LogP contribution >= 0.6 is 0 Å². The molecule has 0 aliphatic carbocycles. The summed E-state index contributed by atoms with van der Waals surface area (Å²) < 4.78 is 1.94. The first-order chi connectivity index (χ1) is 9.15. The van der Waals surface area contributed by atoms with Gasteiger partial charge in [-0.2, -0.15) is 5.10 Å². The summed E-state index contributed by atoms with van der Waals surface area (Å²) in [5, 5.41) is 16.8. The van der Waals surface area contributed by atoms with Crippen molar-refractivity contribution in [3.05, 3.63) is 42.0 Å². The molecule has 19 heavy (non-hydrogen) atoms. The van der Waals surface area contributed by atoms with Gasteiger partial charge >= 0.3 is 0 Å². The van der Waals surface area contributed by atoms with Crippen LogP contribution in [0.3, 0.4) is 0 Å². The predicted octanol–water partition coefficient (Wildman–Crippen LogP) is 1.93. The van der Waals surface area contributed by atoms with E-state index < -0.39 is 0 Å². The average molecular weight is 260 g/mol. The molecule has 0 unspecified atom stereocenters. The molecule has 0 saturated heterocycles. The quantitative estimate of drug-likeness (QED) is 0.833. The van der Waals surface area contributed by atoms with Gasteiger partial charge in [-0.1, -0.05) is 26.0 Å². The molecule has 0 saturated carbocycles. The molecular formula is C14H20N4O. The van der Waals surface area contributed by atoms with Gasteiger partial charge in [-0.15, -0.1) is 0 Å². The summed E-state index contributed by atoms with van der Waals surface area (Å²) in [5.41, 5.74) is 1.13. The van der Waals surface area contributed by atoms with E-state index in [0.717, 1.165) is 24.5 Å². The molecule has 5 heteroatoms. The first kappa shape index (κ1) is 13.5. The van der Waals surface area contributed by atoms with Crippen molar-refractivity contribution in [2.24, 2.45) is 5.92 Å². The smallest absolute Gasteiger partial charge is 0.140 e. The van der Waals surface area contributed by atoms with Crippen molar-refractivity contribution in [1.29, 1.82) is 0 Å². The van der Waals surface area contributed by atoms with E-state index >= 15 is 0 Å². The summed E-state index contributed by atoms with van der Waals surface area (Å²) in [5.74, 6) is 1.80. The first-order valence-electron chi connectivity index (χ1n) is 6.50. The summed E-state index contributed by atoms with van der Waals surface area (Å²) in [6.45, 7) is 6.64. The molecule has 2 N–H and O–H groups in total. The summed E-state index contributed by atoms with van der Waals surface area (Å²) in [4.78, 5) is 4.26. The zero-order valence-corrected chi connectivity index (χ0v) is 11.4. The molecule has 0 fully saturated rings. The lowest BCUT2D eigenvalue weighted by Crippen LogP contribution is -2.18. The van der Waals surface area contributed by atoms with Crippen LogP contribution in [0, 0.1) is 5.92 Å². The fraction of sp³-hybridized carbons (Fsp3) is 0.429. The van der Waals surface area contributed by atoms with E-state index in [9.17, 15) is 5.11 Å². The van der Waals surface area contributed by atoms with Crippen molar-refractivity contribution >= 4 is 0 Å². The van der Waals surface area contributed by atoms with E-state index in [4.69, 9.17) is 0 Å². The molecule has 1 aromatic carbocycles. The fourth-order valence-corrected chi connectivity index (χ4v) is 1.86. The van der Waals surface area contributed by atoms with Gasteiger partial charge < -0.3 is 10.4 Å². The second-order valence-electron chi connectivity index (χ2n) is 5.02. The van der Waals surface area contributed by atoms with Gasteiger partial charge in [0.2, 0.25) is 0 Å². The van der Waals surface area contributed by atoms with E-state index in [1.807, 2.05) is 16.8 Å². The van der Waals surface area contributed by atoms with Gasteiger partial charge in [-0.25, -0.2) is 9.67 Å². The first-order valence-corrected chi connectivity index (χ1v) is 6.50. The molecule has 0 bridgehead atoms. The van der Waals surface area contributed by atoms with Crippen LogP contribution < -0.4 is 5.32 Å². The largest absolute Gasteiger partial charge is 0.508 e. The second-order valence-corrected chi connectivity index (χ2v) is 5.02. The van der Waals surface area contributed by atoms with Crippen LogP contribution in [0.5, 0.6) is 5.75 Å². The summed E-state index contributed by atoms with van der Waals surface area (Å²) in [6, 6.07) is 7.19. The third kappa shape index (κ3) is 4.06. The molecule has 0 atom stereocenters. The van der Waals surface area contributed by atoms with E-state index in [1.54, 1.807) is 18.5 Å². The Labute approximate surface area is 113 Å². The molecule has 0 amide bonds. The highest BCUT2D eigenvalue weighted by molar-refractivity contribution is 5.25. The number of phenolic OH excluding ortho intramolecular Hbond substituents is 1. The van der Waals surface area contributed by atoms with E-state index in [0.29, 0.717) is 18.2 Å². The van der Waals surface area contributed by atoms with Gasteiger partial charge in [0.1, 0.15) is 17.9 Å². The number of hydrogen-bond acceptors (Lipinski definition) is 4. The van der Waals surface area contributed by atoms with Crippen molar-refractivity contribution in [2.45, 2.75) is 33.5 Å².